The Balaban J connectivity index is 2.28. The van der Waals surface area contributed by atoms with E-state index in [0.29, 0.717) is 11.8 Å². The molecule has 0 heterocycles. The van der Waals surface area contributed by atoms with Gasteiger partial charge in [-0.25, -0.2) is 0 Å². The molecule has 0 amide bonds. The summed E-state index contributed by atoms with van der Waals surface area (Å²) in [6.07, 6.45) is 4.32. The molecule has 1 aromatic rings. The first-order valence-corrected chi connectivity index (χ1v) is 8.26. The van der Waals surface area contributed by atoms with Crippen LogP contribution < -0.4 is 0 Å². The molecule has 3 unspecified atom stereocenters. The fraction of sp³-hybridized carbons (Fsp3) is 0.684. The average molecular weight is 289 g/mol. The normalized spacial score (nSPS) is 29.9. The molecule has 1 aliphatic rings. The number of aryl methyl sites for hydroxylation is 2. The highest BCUT2D eigenvalue weighted by Gasteiger charge is 2.44. The Labute approximate surface area is 130 Å². The molecular weight excluding hydrogens is 258 g/mol. The van der Waals surface area contributed by atoms with Gasteiger partial charge in [0.05, 0.1) is 5.60 Å². The molecule has 0 aromatic heterocycles. The standard InChI is InChI=1S/C19H31NO/c1-14-9-10-15(2)17(11-14)12-19(21)16(3)7-6-8-18(19)13-20(4)5/h9-11,16,18,21H,6-8,12-13H2,1-5H3. The van der Waals surface area contributed by atoms with Crippen molar-refractivity contribution in [3.8, 4) is 0 Å². The van der Waals surface area contributed by atoms with E-state index in [0.717, 1.165) is 25.8 Å². The van der Waals surface area contributed by atoms with Crippen molar-refractivity contribution in [2.75, 3.05) is 20.6 Å². The molecule has 1 aromatic carbocycles. The molecule has 1 N–H and O–H groups in total. The lowest BCUT2D eigenvalue weighted by atomic mass is 9.66. The first-order chi connectivity index (χ1) is 9.83. The van der Waals surface area contributed by atoms with E-state index in [4.69, 9.17) is 0 Å². The minimum Gasteiger partial charge on any atom is -0.389 e. The summed E-state index contributed by atoms with van der Waals surface area (Å²) in [7, 11) is 4.22. The van der Waals surface area contributed by atoms with E-state index in [2.05, 4.69) is 58.0 Å². The second-order valence-corrected chi connectivity index (χ2v) is 7.39. The maximum absolute atomic E-state index is 11.5. The molecule has 1 saturated carbocycles. The first-order valence-electron chi connectivity index (χ1n) is 8.26. The van der Waals surface area contributed by atoms with E-state index < -0.39 is 5.60 Å². The summed E-state index contributed by atoms with van der Waals surface area (Å²) >= 11 is 0. The van der Waals surface area contributed by atoms with Crippen LogP contribution in [0.2, 0.25) is 0 Å². The maximum atomic E-state index is 11.5. The van der Waals surface area contributed by atoms with Crippen molar-refractivity contribution < 1.29 is 5.11 Å². The SMILES string of the molecule is Cc1ccc(C)c(CC2(O)C(C)CCCC2CN(C)C)c1. The first kappa shape index (κ1) is 16.5. The fourth-order valence-electron chi connectivity index (χ4n) is 3.88. The topological polar surface area (TPSA) is 23.5 Å². The zero-order valence-corrected chi connectivity index (χ0v) is 14.3. The molecule has 1 fully saturated rings. The summed E-state index contributed by atoms with van der Waals surface area (Å²) in [6, 6.07) is 6.59. The number of benzene rings is 1. The van der Waals surface area contributed by atoms with Crippen molar-refractivity contribution in [3.63, 3.8) is 0 Å². The number of hydrogen-bond donors (Lipinski definition) is 1. The van der Waals surface area contributed by atoms with Crippen molar-refractivity contribution in [1.29, 1.82) is 0 Å². The van der Waals surface area contributed by atoms with Crippen LogP contribution >= 0.6 is 0 Å². The summed E-state index contributed by atoms with van der Waals surface area (Å²) in [5.74, 6) is 0.743. The van der Waals surface area contributed by atoms with Gasteiger partial charge in [0.25, 0.3) is 0 Å². The van der Waals surface area contributed by atoms with Gasteiger partial charge in [0, 0.05) is 18.9 Å². The minimum absolute atomic E-state index is 0.371. The lowest BCUT2D eigenvalue weighted by Crippen LogP contribution is -2.52. The Bertz CT molecular complexity index is 482. The highest BCUT2D eigenvalue weighted by atomic mass is 16.3. The van der Waals surface area contributed by atoms with Gasteiger partial charge >= 0.3 is 0 Å². The second-order valence-electron chi connectivity index (χ2n) is 7.39. The lowest BCUT2D eigenvalue weighted by molar-refractivity contribution is -0.0939. The van der Waals surface area contributed by atoms with Crippen LogP contribution in [-0.4, -0.2) is 36.2 Å². The van der Waals surface area contributed by atoms with E-state index >= 15 is 0 Å². The van der Waals surface area contributed by atoms with E-state index in [1.165, 1.54) is 23.1 Å². The van der Waals surface area contributed by atoms with E-state index in [9.17, 15) is 5.11 Å². The zero-order chi connectivity index (χ0) is 15.6. The van der Waals surface area contributed by atoms with Crippen LogP contribution in [0, 0.1) is 25.7 Å². The molecule has 21 heavy (non-hydrogen) atoms. The molecule has 3 atom stereocenters. The fourth-order valence-corrected chi connectivity index (χ4v) is 3.88. The van der Waals surface area contributed by atoms with Crippen molar-refractivity contribution >= 4 is 0 Å². The van der Waals surface area contributed by atoms with Gasteiger partial charge in [0.1, 0.15) is 0 Å². The average Bonchev–Trinajstić information content (AvgIpc) is 2.39. The molecule has 0 aliphatic heterocycles. The Morgan fingerprint density at radius 2 is 1.95 bits per heavy atom. The number of aliphatic hydroxyl groups is 1. The molecule has 0 spiro atoms. The number of rotatable bonds is 4. The van der Waals surface area contributed by atoms with Crippen molar-refractivity contribution in [2.24, 2.45) is 11.8 Å². The maximum Gasteiger partial charge on any atom is 0.0753 e. The van der Waals surface area contributed by atoms with Gasteiger partial charge < -0.3 is 10.0 Å². The quantitative estimate of drug-likeness (QED) is 0.916. The van der Waals surface area contributed by atoms with Gasteiger partial charge in [-0.3, -0.25) is 0 Å². The van der Waals surface area contributed by atoms with Crippen molar-refractivity contribution in [2.45, 2.75) is 52.1 Å². The third kappa shape index (κ3) is 3.67. The van der Waals surface area contributed by atoms with Crippen molar-refractivity contribution in [1.82, 2.24) is 4.90 Å². The van der Waals surface area contributed by atoms with Crippen molar-refractivity contribution in [3.05, 3.63) is 34.9 Å². The molecule has 2 nitrogen and oxygen atoms in total. The summed E-state index contributed by atoms with van der Waals surface area (Å²) in [6.45, 7) is 7.50. The second kappa shape index (κ2) is 6.50. The third-order valence-electron chi connectivity index (χ3n) is 5.31. The highest BCUT2D eigenvalue weighted by Crippen LogP contribution is 2.41. The van der Waals surface area contributed by atoms with Gasteiger partial charge in [-0.15, -0.1) is 0 Å². The Morgan fingerprint density at radius 3 is 2.62 bits per heavy atom. The van der Waals surface area contributed by atoms with Gasteiger partial charge in [-0.05, 0) is 57.8 Å². The summed E-state index contributed by atoms with van der Waals surface area (Å²) in [5.41, 5.74) is 3.33. The third-order valence-corrected chi connectivity index (χ3v) is 5.31. The predicted octanol–water partition coefficient (Wildman–Crippen LogP) is 3.57. The van der Waals surface area contributed by atoms with Crippen LogP contribution in [0.3, 0.4) is 0 Å². The zero-order valence-electron chi connectivity index (χ0n) is 14.3. The van der Waals surface area contributed by atoms with Crippen LogP contribution in [0.1, 0.15) is 42.9 Å². The summed E-state index contributed by atoms with van der Waals surface area (Å²) in [5, 5.41) is 11.5. The molecule has 0 saturated heterocycles. The molecular formula is C19H31NO. The molecule has 0 bridgehead atoms. The van der Waals surface area contributed by atoms with Crippen LogP contribution in [0.5, 0.6) is 0 Å². The van der Waals surface area contributed by atoms with E-state index in [-0.39, 0.29) is 0 Å². The molecule has 1 aliphatic carbocycles. The Hall–Kier alpha value is -0.860. The van der Waals surface area contributed by atoms with Crippen LogP contribution in [-0.2, 0) is 6.42 Å². The summed E-state index contributed by atoms with van der Waals surface area (Å²) < 4.78 is 0. The van der Waals surface area contributed by atoms with Gasteiger partial charge in [-0.1, -0.05) is 37.1 Å². The van der Waals surface area contributed by atoms with E-state index in [1.807, 2.05) is 0 Å². The molecule has 2 heteroatoms. The number of hydrogen-bond acceptors (Lipinski definition) is 2. The summed E-state index contributed by atoms with van der Waals surface area (Å²) in [4.78, 5) is 2.22. The number of nitrogens with zero attached hydrogens (tertiary/aromatic N) is 1. The van der Waals surface area contributed by atoms with Crippen LogP contribution in [0.25, 0.3) is 0 Å². The Kier molecular flexibility index (Phi) is 5.11. The van der Waals surface area contributed by atoms with Gasteiger partial charge in [-0.2, -0.15) is 0 Å². The predicted molar refractivity (Wildman–Crippen MR) is 89.6 cm³/mol. The molecule has 118 valence electrons. The van der Waals surface area contributed by atoms with Gasteiger partial charge in [0.15, 0.2) is 0 Å². The lowest BCUT2D eigenvalue weighted by Gasteiger charge is -2.46. The van der Waals surface area contributed by atoms with Gasteiger partial charge in [0.2, 0.25) is 0 Å². The molecule has 2 rings (SSSR count). The largest absolute Gasteiger partial charge is 0.389 e. The molecule has 0 radical (unpaired) electrons. The monoisotopic (exact) mass is 289 g/mol. The minimum atomic E-state index is -0.568. The van der Waals surface area contributed by atoms with Crippen LogP contribution in [0.4, 0.5) is 0 Å². The van der Waals surface area contributed by atoms with E-state index in [1.54, 1.807) is 0 Å². The van der Waals surface area contributed by atoms with Crippen LogP contribution in [0.15, 0.2) is 18.2 Å². The smallest absolute Gasteiger partial charge is 0.0753 e. The Morgan fingerprint density at radius 1 is 1.24 bits per heavy atom. The highest BCUT2D eigenvalue weighted by molar-refractivity contribution is 5.32.